The summed E-state index contributed by atoms with van der Waals surface area (Å²) >= 11 is 0. The molecule has 0 unspecified atom stereocenters. The van der Waals surface area contributed by atoms with E-state index in [-0.39, 0.29) is 0 Å². The van der Waals surface area contributed by atoms with E-state index in [1.807, 2.05) is 6.79 Å². The first-order valence-electron chi connectivity index (χ1n) is 1.16. The van der Waals surface area contributed by atoms with Gasteiger partial charge in [0.15, 0.2) is 0 Å². The lowest BCUT2D eigenvalue weighted by Crippen LogP contribution is -1.38. The Morgan fingerprint density at radius 2 is 1.83 bits per heavy atom. The number of carbonyl (C=O) groups is 1. The number of nitrogens with zero attached hydrogens (tertiary/aromatic N) is 1. The van der Waals surface area contributed by atoms with Gasteiger partial charge in [0.25, 0.3) is 0 Å². The summed E-state index contributed by atoms with van der Waals surface area (Å²) < 4.78 is 0. The first-order chi connectivity index (χ1) is 2.91. The third-order valence-electron chi connectivity index (χ3n) is 0.0913. The highest BCUT2D eigenvalue weighted by atomic mass is 16.1. The molecule has 34 valence electrons. The Kier molecular flexibility index (Phi) is 50.7. The molecule has 0 aromatic rings. The van der Waals surface area contributed by atoms with Crippen LogP contribution in [0.1, 0.15) is 0 Å². The number of carbonyl (C=O) groups excluding carboxylic acids is 2. The molecule has 0 aliphatic heterocycles. The van der Waals surface area contributed by atoms with Gasteiger partial charge < -0.3 is 4.79 Å². The van der Waals surface area contributed by atoms with E-state index in [4.69, 9.17) is 9.59 Å². The van der Waals surface area contributed by atoms with Gasteiger partial charge >= 0.3 is 0 Å². The summed E-state index contributed by atoms with van der Waals surface area (Å²) in [7, 11) is 1.38. The Morgan fingerprint density at radius 1 is 1.67 bits per heavy atom. The molecule has 0 aromatic heterocycles. The molecular formula is C3H5NO2. The summed E-state index contributed by atoms with van der Waals surface area (Å²) in [5.74, 6) is 0. The van der Waals surface area contributed by atoms with Gasteiger partial charge in [-0.1, -0.05) is 0 Å². The maximum atomic E-state index is 8.88. The van der Waals surface area contributed by atoms with E-state index in [0.717, 1.165) is 0 Å². The molecule has 0 aromatic carbocycles. The molecule has 0 radical (unpaired) electrons. The molecule has 0 amide bonds. The zero-order valence-electron chi connectivity index (χ0n) is 3.47. The summed E-state index contributed by atoms with van der Waals surface area (Å²) in [5, 5.41) is 0. The van der Waals surface area contributed by atoms with Crippen LogP contribution in [0.15, 0.2) is 4.99 Å². The van der Waals surface area contributed by atoms with Crippen molar-refractivity contribution in [2.24, 2.45) is 4.99 Å². The number of rotatable bonds is 0. The minimum absolute atomic E-state index is 1.31. The summed E-state index contributed by atoms with van der Waals surface area (Å²) in [4.78, 5) is 19.8. The van der Waals surface area contributed by atoms with Crippen molar-refractivity contribution in [1.82, 2.24) is 0 Å². The van der Waals surface area contributed by atoms with E-state index in [0.29, 0.717) is 0 Å². The van der Waals surface area contributed by atoms with Crippen LogP contribution >= 0.6 is 0 Å². The normalized spacial score (nSPS) is 3.50. The summed E-state index contributed by atoms with van der Waals surface area (Å²) in [6.45, 7) is 2.00. The Bertz CT molecular complexity index is 55.8. The monoisotopic (exact) mass is 87.0 g/mol. The average Bonchev–Trinajstić information content (AvgIpc) is 1.72. The highest BCUT2D eigenvalue weighted by Crippen LogP contribution is 1.28. The van der Waals surface area contributed by atoms with Crippen LogP contribution in [0.4, 0.5) is 0 Å². The molecule has 3 nitrogen and oxygen atoms in total. The largest absolute Gasteiger partial charge is 0.307 e. The number of hydrogen-bond donors (Lipinski definition) is 0. The second-order valence-electron chi connectivity index (χ2n) is 0.315. The van der Waals surface area contributed by atoms with Crippen LogP contribution in [-0.2, 0) is 9.59 Å². The summed E-state index contributed by atoms with van der Waals surface area (Å²) in [6.07, 6.45) is 1.31. The van der Waals surface area contributed by atoms with Crippen molar-refractivity contribution in [3.05, 3.63) is 0 Å². The summed E-state index contributed by atoms with van der Waals surface area (Å²) in [5.41, 5.74) is 0. The average molecular weight is 87.1 g/mol. The molecule has 0 N–H and O–H groups in total. The summed E-state index contributed by atoms with van der Waals surface area (Å²) in [6, 6.07) is 0. The maximum absolute atomic E-state index is 8.88. The van der Waals surface area contributed by atoms with Gasteiger partial charge in [0, 0.05) is 7.05 Å². The van der Waals surface area contributed by atoms with E-state index in [9.17, 15) is 0 Å². The van der Waals surface area contributed by atoms with Crippen molar-refractivity contribution in [2.45, 2.75) is 0 Å². The van der Waals surface area contributed by atoms with Crippen LogP contribution in [-0.4, -0.2) is 19.9 Å². The van der Waals surface area contributed by atoms with E-state index in [2.05, 4.69) is 4.99 Å². The van der Waals surface area contributed by atoms with Crippen LogP contribution in [0.3, 0.4) is 0 Å². The second kappa shape index (κ2) is 34.2. The lowest BCUT2D eigenvalue weighted by molar-refractivity contribution is -0.0979. The predicted molar refractivity (Wildman–Crippen MR) is 21.2 cm³/mol. The van der Waals surface area contributed by atoms with Crippen LogP contribution in [0, 0.1) is 0 Å². The van der Waals surface area contributed by atoms with Crippen molar-refractivity contribution < 1.29 is 9.59 Å². The number of isocyanates is 1. The zero-order chi connectivity index (χ0) is 5.41. The van der Waals surface area contributed by atoms with Gasteiger partial charge in [-0.3, -0.25) is 0 Å². The van der Waals surface area contributed by atoms with Crippen LogP contribution in [0.2, 0.25) is 0 Å². The highest BCUT2D eigenvalue weighted by molar-refractivity contribution is 5.32. The van der Waals surface area contributed by atoms with Gasteiger partial charge in [0.05, 0.1) is 0 Å². The van der Waals surface area contributed by atoms with Crippen molar-refractivity contribution in [1.29, 1.82) is 0 Å². The topological polar surface area (TPSA) is 46.5 Å². The van der Waals surface area contributed by atoms with Crippen molar-refractivity contribution in [3.8, 4) is 0 Å². The Morgan fingerprint density at radius 3 is 1.83 bits per heavy atom. The highest BCUT2D eigenvalue weighted by Gasteiger charge is 1.29. The van der Waals surface area contributed by atoms with Gasteiger partial charge in [-0.2, -0.15) is 0 Å². The smallest absolute Gasteiger partial charge is 0.234 e. The maximum Gasteiger partial charge on any atom is 0.234 e. The van der Waals surface area contributed by atoms with E-state index >= 15 is 0 Å². The fraction of sp³-hybridized carbons (Fsp3) is 0.333. The Hall–Kier alpha value is -0.950. The number of hydrogen-bond acceptors (Lipinski definition) is 3. The SMILES string of the molecule is C=O.CN=C=O. The van der Waals surface area contributed by atoms with Crippen molar-refractivity contribution in [2.75, 3.05) is 7.05 Å². The van der Waals surface area contributed by atoms with E-state index < -0.39 is 0 Å². The van der Waals surface area contributed by atoms with Crippen LogP contribution < -0.4 is 0 Å². The molecule has 0 atom stereocenters. The molecular weight excluding hydrogens is 82.0 g/mol. The van der Waals surface area contributed by atoms with E-state index in [1.54, 1.807) is 0 Å². The van der Waals surface area contributed by atoms with Gasteiger partial charge in [0.2, 0.25) is 6.08 Å². The molecule has 0 saturated heterocycles. The Labute approximate surface area is 35.7 Å². The zero-order valence-corrected chi connectivity index (χ0v) is 3.47. The van der Waals surface area contributed by atoms with E-state index in [1.165, 1.54) is 13.1 Å². The van der Waals surface area contributed by atoms with Crippen molar-refractivity contribution in [3.63, 3.8) is 0 Å². The quantitative estimate of drug-likeness (QED) is 0.302. The molecule has 0 heterocycles. The van der Waals surface area contributed by atoms with Gasteiger partial charge in [-0.15, -0.1) is 0 Å². The number of aliphatic imine (C=N–C) groups is 1. The fourth-order valence-corrected chi connectivity index (χ4v) is 0. The van der Waals surface area contributed by atoms with Crippen LogP contribution in [0.5, 0.6) is 0 Å². The van der Waals surface area contributed by atoms with Gasteiger partial charge in [-0.25, -0.2) is 9.79 Å². The minimum atomic E-state index is 1.31. The van der Waals surface area contributed by atoms with Crippen molar-refractivity contribution >= 4 is 12.9 Å². The first kappa shape index (κ1) is 8.90. The molecule has 6 heavy (non-hydrogen) atoms. The second-order valence-corrected chi connectivity index (χ2v) is 0.315. The molecule has 0 saturated carbocycles. The first-order valence-corrected chi connectivity index (χ1v) is 1.16. The fourth-order valence-electron chi connectivity index (χ4n) is 0. The third kappa shape index (κ3) is 5130. The standard InChI is InChI=1S/C2H3NO.CH2O/c1-3-2-4;1-2/h1H3;1H2. The molecule has 3 heteroatoms. The molecule has 0 aliphatic carbocycles. The molecule has 0 aliphatic rings. The lowest BCUT2D eigenvalue weighted by Gasteiger charge is -1.36. The van der Waals surface area contributed by atoms with Gasteiger partial charge in [0.1, 0.15) is 6.79 Å². The third-order valence-corrected chi connectivity index (χ3v) is 0.0913. The Balaban J connectivity index is 0. The molecule has 0 rings (SSSR count). The van der Waals surface area contributed by atoms with Gasteiger partial charge in [-0.05, 0) is 0 Å². The predicted octanol–water partition coefficient (Wildman–Crippen LogP) is -0.233. The molecule has 0 spiro atoms. The molecule has 0 fully saturated rings. The van der Waals surface area contributed by atoms with Crippen LogP contribution in [0.25, 0.3) is 0 Å². The minimum Gasteiger partial charge on any atom is -0.307 e. The lowest BCUT2D eigenvalue weighted by atomic mass is 11.4. The molecule has 0 bridgehead atoms.